The Labute approximate surface area is 174 Å². The first-order chi connectivity index (χ1) is 14.4. The number of rotatable bonds is 7. The minimum atomic E-state index is -4.34. The molecule has 2 aromatic rings. The highest BCUT2D eigenvalue weighted by atomic mass is 19.4. The van der Waals surface area contributed by atoms with E-state index in [2.05, 4.69) is 9.80 Å². The molecule has 30 heavy (non-hydrogen) atoms. The summed E-state index contributed by atoms with van der Waals surface area (Å²) in [5, 5.41) is 0. The zero-order valence-electron chi connectivity index (χ0n) is 16.8. The molecular formula is C22H26F3N3O2. The lowest BCUT2D eigenvalue weighted by molar-refractivity contribution is -0.138. The van der Waals surface area contributed by atoms with Gasteiger partial charge >= 0.3 is 6.18 Å². The fraction of sp³-hybridized carbons (Fsp3) is 0.500. The Morgan fingerprint density at radius 3 is 2.27 bits per heavy atom. The van der Waals surface area contributed by atoms with Crippen LogP contribution >= 0.6 is 0 Å². The van der Waals surface area contributed by atoms with Crippen LogP contribution < -0.4 is 0 Å². The van der Waals surface area contributed by atoms with E-state index < -0.39 is 11.7 Å². The van der Waals surface area contributed by atoms with Gasteiger partial charge in [-0.3, -0.25) is 14.6 Å². The summed E-state index contributed by atoms with van der Waals surface area (Å²) in [5.74, 6) is 0.993. The van der Waals surface area contributed by atoms with Crippen LogP contribution in [0.3, 0.4) is 0 Å². The molecule has 0 N–H and O–H groups in total. The van der Waals surface area contributed by atoms with Crippen LogP contribution in [0.25, 0.3) is 0 Å². The average Bonchev–Trinajstić information content (AvgIpc) is 3.43. The standard InChI is InChI=1S/C22H26F3N3O2/c23-22(24,25)18-5-3-17(4-6-18)14-28(19-7-8-19)21(29)16-27-11-9-26(10-12-27)15-20-2-1-13-30-20/h1-6,13,19H,7-12,14-16H2. The van der Waals surface area contributed by atoms with E-state index in [9.17, 15) is 18.0 Å². The van der Waals surface area contributed by atoms with Gasteiger partial charge in [-0.15, -0.1) is 0 Å². The van der Waals surface area contributed by atoms with Gasteiger partial charge in [0.2, 0.25) is 5.91 Å². The SMILES string of the molecule is O=C(CN1CCN(Cc2ccco2)CC1)N(Cc1ccc(C(F)(F)F)cc1)C1CC1. The normalized spacial score (nSPS) is 18.5. The average molecular weight is 421 g/mol. The first kappa shape index (κ1) is 20.9. The molecule has 0 atom stereocenters. The molecule has 1 saturated carbocycles. The first-order valence-corrected chi connectivity index (χ1v) is 10.3. The monoisotopic (exact) mass is 421 g/mol. The molecule has 1 aliphatic carbocycles. The third kappa shape index (κ3) is 5.43. The summed E-state index contributed by atoms with van der Waals surface area (Å²) in [6.45, 7) is 4.85. The summed E-state index contributed by atoms with van der Waals surface area (Å²) >= 11 is 0. The molecule has 0 radical (unpaired) electrons. The number of piperazine rings is 1. The highest BCUT2D eigenvalue weighted by molar-refractivity contribution is 5.79. The van der Waals surface area contributed by atoms with Crippen LogP contribution in [0, 0.1) is 0 Å². The Hall–Kier alpha value is -2.32. The number of furan rings is 1. The number of benzene rings is 1. The van der Waals surface area contributed by atoms with Gasteiger partial charge in [-0.1, -0.05) is 12.1 Å². The number of halogens is 3. The summed E-state index contributed by atoms with van der Waals surface area (Å²) in [6, 6.07) is 9.17. The van der Waals surface area contributed by atoms with Crippen molar-refractivity contribution in [2.75, 3.05) is 32.7 Å². The fourth-order valence-corrected chi connectivity index (χ4v) is 3.81. The number of alkyl halides is 3. The van der Waals surface area contributed by atoms with E-state index in [1.54, 1.807) is 6.26 Å². The molecule has 162 valence electrons. The molecule has 0 bridgehead atoms. The van der Waals surface area contributed by atoms with Crippen LogP contribution in [-0.4, -0.2) is 59.4 Å². The highest BCUT2D eigenvalue weighted by Crippen LogP contribution is 2.31. The number of hydrogen-bond donors (Lipinski definition) is 0. The largest absolute Gasteiger partial charge is 0.468 e. The zero-order chi connectivity index (χ0) is 21.1. The predicted octanol–water partition coefficient (Wildman–Crippen LogP) is 3.61. The Kier molecular flexibility index (Phi) is 6.15. The molecule has 2 heterocycles. The number of amides is 1. The molecule has 1 aliphatic heterocycles. The fourth-order valence-electron chi connectivity index (χ4n) is 3.81. The summed E-state index contributed by atoms with van der Waals surface area (Å²) in [5.41, 5.74) is 0.0643. The topological polar surface area (TPSA) is 39.9 Å². The molecule has 1 aromatic carbocycles. The van der Waals surface area contributed by atoms with Crippen molar-refractivity contribution in [2.24, 2.45) is 0 Å². The van der Waals surface area contributed by atoms with Gasteiger partial charge in [0.15, 0.2) is 0 Å². The lowest BCUT2D eigenvalue weighted by Gasteiger charge is -2.35. The van der Waals surface area contributed by atoms with E-state index in [1.807, 2.05) is 17.0 Å². The number of carbonyl (C=O) groups excluding carboxylic acids is 1. The van der Waals surface area contributed by atoms with Gasteiger partial charge in [-0.05, 0) is 42.7 Å². The minimum absolute atomic E-state index is 0.0527. The lowest BCUT2D eigenvalue weighted by atomic mass is 10.1. The summed E-state index contributed by atoms with van der Waals surface area (Å²) in [7, 11) is 0. The van der Waals surface area contributed by atoms with Gasteiger partial charge in [0.25, 0.3) is 0 Å². The quantitative estimate of drug-likeness (QED) is 0.685. The Morgan fingerprint density at radius 2 is 1.70 bits per heavy atom. The third-order valence-electron chi connectivity index (χ3n) is 5.73. The lowest BCUT2D eigenvalue weighted by Crippen LogP contribution is -2.49. The molecule has 0 spiro atoms. The Bertz CT molecular complexity index is 824. The van der Waals surface area contributed by atoms with Crippen LogP contribution in [-0.2, 0) is 24.1 Å². The van der Waals surface area contributed by atoms with E-state index in [1.165, 1.54) is 12.1 Å². The molecule has 5 nitrogen and oxygen atoms in total. The molecular weight excluding hydrogens is 395 g/mol. The van der Waals surface area contributed by atoms with Gasteiger partial charge in [0.1, 0.15) is 5.76 Å². The number of carbonyl (C=O) groups is 1. The van der Waals surface area contributed by atoms with E-state index in [0.29, 0.717) is 13.1 Å². The van der Waals surface area contributed by atoms with Crippen molar-refractivity contribution in [1.29, 1.82) is 0 Å². The molecule has 1 aromatic heterocycles. The van der Waals surface area contributed by atoms with Crippen molar-refractivity contribution < 1.29 is 22.4 Å². The number of nitrogens with zero attached hydrogens (tertiary/aromatic N) is 3. The maximum atomic E-state index is 12.9. The van der Waals surface area contributed by atoms with Crippen molar-refractivity contribution in [2.45, 2.75) is 38.1 Å². The van der Waals surface area contributed by atoms with Gasteiger partial charge in [-0.25, -0.2) is 0 Å². The van der Waals surface area contributed by atoms with Crippen molar-refractivity contribution in [3.63, 3.8) is 0 Å². The second kappa shape index (κ2) is 8.81. The Morgan fingerprint density at radius 1 is 1.03 bits per heavy atom. The molecule has 0 unspecified atom stereocenters. The van der Waals surface area contributed by atoms with Gasteiger partial charge in [0.05, 0.1) is 24.9 Å². The Balaban J connectivity index is 1.29. The van der Waals surface area contributed by atoms with Gasteiger partial charge in [0, 0.05) is 38.8 Å². The smallest absolute Gasteiger partial charge is 0.416 e. The minimum Gasteiger partial charge on any atom is -0.468 e. The van der Waals surface area contributed by atoms with E-state index in [-0.39, 0.29) is 11.9 Å². The molecule has 1 saturated heterocycles. The molecule has 1 amide bonds. The maximum absolute atomic E-state index is 12.9. The maximum Gasteiger partial charge on any atom is 0.416 e. The zero-order valence-corrected chi connectivity index (χ0v) is 16.8. The molecule has 4 rings (SSSR count). The van der Waals surface area contributed by atoms with Crippen molar-refractivity contribution >= 4 is 5.91 Å². The molecule has 8 heteroatoms. The highest BCUT2D eigenvalue weighted by Gasteiger charge is 2.34. The van der Waals surface area contributed by atoms with Crippen LogP contribution in [0.15, 0.2) is 47.1 Å². The second-order valence-electron chi connectivity index (χ2n) is 8.08. The summed E-state index contributed by atoms with van der Waals surface area (Å²) in [6.07, 6.45) is -0.746. The van der Waals surface area contributed by atoms with Gasteiger partial charge in [-0.2, -0.15) is 13.2 Å². The first-order valence-electron chi connectivity index (χ1n) is 10.3. The number of hydrogen-bond acceptors (Lipinski definition) is 4. The van der Waals surface area contributed by atoms with Crippen LogP contribution in [0.5, 0.6) is 0 Å². The van der Waals surface area contributed by atoms with Gasteiger partial charge < -0.3 is 9.32 Å². The third-order valence-corrected chi connectivity index (χ3v) is 5.73. The molecule has 2 aliphatic rings. The summed E-state index contributed by atoms with van der Waals surface area (Å²) in [4.78, 5) is 19.2. The van der Waals surface area contributed by atoms with Crippen LogP contribution in [0.1, 0.15) is 29.7 Å². The molecule has 2 fully saturated rings. The van der Waals surface area contributed by atoms with Crippen molar-refractivity contribution in [3.05, 3.63) is 59.5 Å². The summed E-state index contributed by atoms with van der Waals surface area (Å²) < 4.78 is 43.7. The van der Waals surface area contributed by atoms with E-state index >= 15 is 0 Å². The van der Waals surface area contributed by atoms with Crippen LogP contribution in [0.4, 0.5) is 13.2 Å². The van der Waals surface area contributed by atoms with Crippen molar-refractivity contribution in [3.8, 4) is 0 Å². The predicted molar refractivity (Wildman–Crippen MR) is 105 cm³/mol. The second-order valence-corrected chi connectivity index (χ2v) is 8.08. The van der Waals surface area contributed by atoms with Crippen LogP contribution in [0.2, 0.25) is 0 Å². The van der Waals surface area contributed by atoms with E-state index in [4.69, 9.17) is 4.42 Å². The van der Waals surface area contributed by atoms with E-state index in [0.717, 1.165) is 69.0 Å². The van der Waals surface area contributed by atoms with Crippen molar-refractivity contribution in [1.82, 2.24) is 14.7 Å².